The molecule has 0 aromatic heterocycles. The molecule has 1 atom stereocenters. The molecule has 2 rings (SSSR count). The first-order valence-electron chi connectivity index (χ1n) is 5.61. The summed E-state index contributed by atoms with van der Waals surface area (Å²) in [4.78, 5) is 0. The third-order valence-electron chi connectivity index (χ3n) is 2.27. The zero-order valence-electron chi connectivity index (χ0n) is 10.3. The standard InChI is InChI=1S/C14H12NO2PS/c1-18(19,16-13-5-3-2-4-6-13)17-14-9-7-12(11-15)8-10-14/h2-10H,1H3. The van der Waals surface area contributed by atoms with E-state index in [0.717, 1.165) is 0 Å². The number of hydrogen-bond donors (Lipinski definition) is 0. The summed E-state index contributed by atoms with van der Waals surface area (Å²) in [7, 11) is 0. The molecular weight excluding hydrogens is 277 g/mol. The van der Waals surface area contributed by atoms with Gasteiger partial charge in [-0.1, -0.05) is 18.2 Å². The van der Waals surface area contributed by atoms with Crippen molar-refractivity contribution in [1.82, 2.24) is 0 Å². The Bertz CT molecular complexity index is 635. The van der Waals surface area contributed by atoms with Crippen LogP contribution in [0.1, 0.15) is 5.56 Å². The van der Waals surface area contributed by atoms with Crippen molar-refractivity contribution in [2.24, 2.45) is 0 Å². The molecule has 0 N–H and O–H groups in total. The topological polar surface area (TPSA) is 42.2 Å². The monoisotopic (exact) mass is 289 g/mol. The van der Waals surface area contributed by atoms with Crippen molar-refractivity contribution in [3.05, 3.63) is 60.2 Å². The van der Waals surface area contributed by atoms with Crippen molar-refractivity contribution in [1.29, 1.82) is 5.26 Å². The van der Waals surface area contributed by atoms with Gasteiger partial charge in [0.15, 0.2) is 0 Å². The van der Waals surface area contributed by atoms with Gasteiger partial charge in [-0.05, 0) is 48.2 Å². The van der Waals surface area contributed by atoms with Crippen LogP contribution in [0.3, 0.4) is 0 Å². The smallest absolute Gasteiger partial charge is 0.284 e. The van der Waals surface area contributed by atoms with E-state index in [1.165, 1.54) is 0 Å². The molecule has 1 unspecified atom stereocenters. The van der Waals surface area contributed by atoms with Gasteiger partial charge in [-0.3, -0.25) is 0 Å². The lowest BCUT2D eigenvalue weighted by atomic mass is 10.2. The molecule has 2 aromatic rings. The molecule has 5 heteroatoms. The van der Waals surface area contributed by atoms with Gasteiger partial charge in [0, 0.05) is 6.66 Å². The molecular formula is C14H12NO2PS. The Morgan fingerprint density at radius 1 is 0.947 bits per heavy atom. The van der Waals surface area contributed by atoms with Crippen LogP contribution in [0.25, 0.3) is 0 Å². The highest BCUT2D eigenvalue weighted by Gasteiger charge is 2.14. The van der Waals surface area contributed by atoms with Gasteiger partial charge in [-0.25, -0.2) is 0 Å². The van der Waals surface area contributed by atoms with Gasteiger partial charge in [0.05, 0.1) is 11.6 Å². The minimum absolute atomic E-state index is 0.584. The molecule has 0 amide bonds. The van der Waals surface area contributed by atoms with Gasteiger partial charge in [-0.2, -0.15) is 5.26 Å². The average Bonchev–Trinajstić information content (AvgIpc) is 2.39. The number of nitriles is 1. The SMILES string of the molecule is CP(=S)(Oc1ccccc1)Oc1ccc(C#N)cc1. The summed E-state index contributed by atoms with van der Waals surface area (Å²) in [5, 5.41) is 8.73. The van der Waals surface area contributed by atoms with Gasteiger partial charge >= 0.3 is 0 Å². The summed E-state index contributed by atoms with van der Waals surface area (Å²) in [6.45, 7) is -0.638. The van der Waals surface area contributed by atoms with Crippen LogP contribution in [0, 0.1) is 11.3 Å². The minimum atomic E-state index is -2.41. The molecule has 0 aliphatic carbocycles. The van der Waals surface area contributed by atoms with E-state index in [9.17, 15) is 0 Å². The predicted octanol–water partition coefficient (Wildman–Crippen LogP) is 3.96. The zero-order valence-corrected chi connectivity index (χ0v) is 12.0. The number of rotatable bonds is 4. The fraction of sp³-hybridized carbons (Fsp3) is 0.0714. The Hall–Kier alpha value is -1.82. The van der Waals surface area contributed by atoms with E-state index < -0.39 is 6.49 Å². The lowest BCUT2D eigenvalue weighted by Gasteiger charge is -2.19. The number of benzene rings is 2. The molecule has 19 heavy (non-hydrogen) atoms. The van der Waals surface area contributed by atoms with Crippen molar-refractivity contribution in [2.45, 2.75) is 0 Å². The lowest BCUT2D eigenvalue weighted by Crippen LogP contribution is -1.98. The summed E-state index contributed by atoms with van der Waals surface area (Å²) in [6, 6.07) is 18.2. The Balaban J connectivity index is 2.08. The molecule has 0 aliphatic heterocycles. The number of nitrogens with zero attached hydrogens (tertiary/aromatic N) is 1. The van der Waals surface area contributed by atoms with Crippen LogP contribution in [-0.4, -0.2) is 6.66 Å². The second kappa shape index (κ2) is 5.88. The Morgan fingerprint density at radius 2 is 1.47 bits per heavy atom. The predicted molar refractivity (Wildman–Crippen MR) is 79.1 cm³/mol. The van der Waals surface area contributed by atoms with Gasteiger partial charge in [-0.15, -0.1) is 0 Å². The highest BCUT2D eigenvalue weighted by molar-refractivity contribution is 8.09. The molecule has 0 fully saturated rings. The third kappa shape index (κ3) is 4.10. The van der Waals surface area contributed by atoms with E-state index in [-0.39, 0.29) is 0 Å². The van der Waals surface area contributed by atoms with E-state index in [1.54, 1.807) is 30.9 Å². The van der Waals surface area contributed by atoms with Crippen LogP contribution in [-0.2, 0) is 11.8 Å². The van der Waals surface area contributed by atoms with Crippen LogP contribution in [0.4, 0.5) is 0 Å². The quantitative estimate of drug-likeness (QED) is 0.799. The first-order valence-corrected chi connectivity index (χ1v) is 8.69. The van der Waals surface area contributed by atoms with Gasteiger partial charge in [0.2, 0.25) is 0 Å². The summed E-state index contributed by atoms with van der Waals surface area (Å²) in [5.74, 6) is 1.31. The molecule has 0 aliphatic rings. The summed E-state index contributed by atoms with van der Waals surface area (Å²) in [5.41, 5.74) is 0.584. The highest BCUT2D eigenvalue weighted by atomic mass is 32.5. The molecule has 0 saturated heterocycles. The van der Waals surface area contributed by atoms with E-state index in [4.69, 9.17) is 26.1 Å². The van der Waals surface area contributed by atoms with Crippen molar-refractivity contribution >= 4 is 18.3 Å². The van der Waals surface area contributed by atoms with Crippen molar-refractivity contribution in [3.63, 3.8) is 0 Å². The fourth-order valence-corrected chi connectivity index (χ4v) is 3.04. The van der Waals surface area contributed by atoms with E-state index in [1.807, 2.05) is 30.3 Å². The van der Waals surface area contributed by atoms with Gasteiger partial charge in [0.25, 0.3) is 6.49 Å². The van der Waals surface area contributed by atoms with Crippen LogP contribution in [0.2, 0.25) is 0 Å². The zero-order chi connectivity index (χ0) is 13.7. The minimum Gasteiger partial charge on any atom is -0.435 e. The Morgan fingerprint density at radius 3 is 2.00 bits per heavy atom. The summed E-state index contributed by atoms with van der Waals surface area (Å²) < 4.78 is 11.4. The Kier molecular flexibility index (Phi) is 4.21. The first kappa shape index (κ1) is 13.6. The maximum atomic E-state index is 8.73. The van der Waals surface area contributed by atoms with Crippen LogP contribution >= 0.6 is 6.49 Å². The van der Waals surface area contributed by atoms with Gasteiger partial charge in [0.1, 0.15) is 11.5 Å². The Labute approximate surface area is 117 Å². The van der Waals surface area contributed by atoms with Crippen LogP contribution in [0.5, 0.6) is 11.5 Å². The highest BCUT2D eigenvalue weighted by Crippen LogP contribution is 2.45. The second-order valence-electron chi connectivity index (χ2n) is 3.90. The normalized spacial score (nSPS) is 13.1. The maximum absolute atomic E-state index is 8.73. The molecule has 3 nitrogen and oxygen atoms in total. The third-order valence-corrected chi connectivity index (χ3v) is 3.80. The lowest BCUT2D eigenvalue weighted by molar-refractivity contribution is 0.493. The van der Waals surface area contributed by atoms with Crippen molar-refractivity contribution < 1.29 is 9.05 Å². The van der Waals surface area contributed by atoms with Crippen molar-refractivity contribution in [2.75, 3.05) is 6.66 Å². The number of hydrogen-bond acceptors (Lipinski definition) is 4. The average molecular weight is 289 g/mol. The summed E-state index contributed by atoms with van der Waals surface area (Å²) in [6.07, 6.45) is 0. The first-order chi connectivity index (χ1) is 9.09. The van der Waals surface area contributed by atoms with Crippen LogP contribution < -0.4 is 9.05 Å². The largest absolute Gasteiger partial charge is 0.435 e. The molecule has 0 heterocycles. The van der Waals surface area contributed by atoms with Crippen LogP contribution in [0.15, 0.2) is 54.6 Å². The van der Waals surface area contributed by atoms with E-state index in [2.05, 4.69) is 6.07 Å². The fourth-order valence-electron chi connectivity index (χ4n) is 1.47. The summed E-state index contributed by atoms with van der Waals surface area (Å²) >= 11 is 5.37. The van der Waals surface area contributed by atoms with Crippen molar-refractivity contribution in [3.8, 4) is 17.6 Å². The van der Waals surface area contributed by atoms with E-state index in [0.29, 0.717) is 17.1 Å². The molecule has 2 aromatic carbocycles. The van der Waals surface area contributed by atoms with E-state index >= 15 is 0 Å². The molecule has 0 bridgehead atoms. The number of para-hydroxylation sites is 1. The second-order valence-corrected chi connectivity index (χ2v) is 7.80. The molecule has 0 spiro atoms. The maximum Gasteiger partial charge on any atom is 0.284 e. The molecule has 96 valence electrons. The van der Waals surface area contributed by atoms with Gasteiger partial charge < -0.3 is 9.05 Å². The molecule has 0 saturated carbocycles. The molecule has 0 radical (unpaired) electrons.